The Morgan fingerprint density at radius 1 is 1.44 bits per heavy atom. The number of aromatic nitrogens is 2. The van der Waals surface area contributed by atoms with Crippen LogP contribution in [0, 0.1) is 11.3 Å². The van der Waals surface area contributed by atoms with Gasteiger partial charge in [0.05, 0.1) is 17.5 Å². The number of carbonyl (C=O) groups excluding carboxylic acids is 1. The summed E-state index contributed by atoms with van der Waals surface area (Å²) in [6, 6.07) is 8.01. The highest BCUT2D eigenvalue weighted by molar-refractivity contribution is 5.87. The molecule has 1 aromatic carbocycles. The molecule has 1 saturated carbocycles. The summed E-state index contributed by atoms with van der Waals surface area (Å²) >= 11 is 0. The molecule has 0 radical (unpaired) electrons. The minimum atomic E-state index is 0.210. The molecular weight excluding hydrogens is 224 g/mol. The van der Waals surface area contributed by atoms with Gasteiger partial charge in [-0.25, -0.2) is 4.98 Å². The molecule has 1 heterocycles. The Bertz CT molecular complexity index is 624. The fourth-order valence-electron chi connectivity index (χ4n) is 2.65. The van der Waals surface area contributed by atoms with Gasteiger partial charge in [0.15, 0.2) is 0 Å². The van der Waals surface area contributed by atoms with E-state index < -0.39 is 0 Å². The fourth-order valence-corrected chi connectivity index (χ4v) is 2.65. The van der Waals surface area contributed by atoms with Crippen molar-refractivity contribution in [3.8, 4) is 0 Å². The number of rotatable bonds is 3. The summed E-state index contributed by atoms with van der Waals surface area (Å²) in [5.41, 5.74) is 2.27. The minimum Gasteiger partial charge on any atom is -0.331 e. The molecule has 1 aliphatic rings. The lowest BCUT2D eigenvalue weighted by Crippen LogP contribution is -2.12. The first-order valence-corrected chi connectivity index (χ1v) is 6.42. The third-order valence-electron chi connectivity index (χ3n) is 4.11. The maximum atomic E-state index is 12.2. The van der Waals surface area contributed by atoms with Gasteiger partial charge in [0.2, 0.25) is 0 Å². The van der Waals surface area contributed by atoms with Crippen molar-refractivity contribution in [2.24, 2.45) is 18.4 Å². The highest BCUT2D eigenvalue weighted by Gasteiger charge is 2.50. The zero-order valence-corrected chi connectivity index (χ0v) is 11.1. The molecule has 3 heteroatoms. The van der Waals surface area contributed by atoms with Crippen molar-refractivity contribution < 1.29 is 4.79 Å². The van der Waals surface area contributed by atoms with Crippen LogP contribution < -0.4 is 0 Å². The molecular formula is C15H18N2O. The molecule has 0 N–H and O–H groups in total. The second kappa shape index (κ2) is 3.67. The number of imidazole rings is 1. The van der Waals surface area contributed by atoms with Crippen LogP contribution >= 0.6 is 0 Å². The summed E-state index contributed by atoms with van der Waals surface area (Å²) < 4.78 is 2.03. The summed E-state index contributed by atoms with van der Waals surface area (Å²) in [7, 11) is 1.98. The summed E-state index contributed by atoms with van der Waals surface area (Å²) in [5, 5.41) is 0. The Morgan fingerprint density at radius 3 is 2.72 bits per heavy atom. The quantitative estimate of drug-likeness (QED) is 0.829. The maximum Gasteiger partial charge on any atom is 0.144 e. The normalized spacial score (nSPS) is 21.2. The minimum absolute atomic E-state index is 0.210. The molecule has 1 unspecified atom stereocenters. The molecule has 0 saturated heterocycles. The molecule has 18 heavy (non-hydrogen) atoms. The molecule has 3 rings (SSSR count). The molecule has 0 aliphatic heterocycles. The standard InChI is InChI=1S/C15H18N2O/c1-15(2)9-10(15)13(18)8-14-16-11-6-4-5-7-12(11)17(14)3/h4-7,10H,8-9H2,1-3H3. The van der Waals surface area contributed by atoms with E-state index in [1.165, 1.54) is 0 Å². The highest BCUT2D eigenvalue weighted by Crippen LogP contribution is 2.52. The van der Waals surface area contributed by atoms with Crippen molar-refractivity contribution >= 4 is 16.8 Å². The van der Waals surface area contributed by atoms with Gasteiger partial charge in [0.1, 0.15) is 11.6 Å². The van der Waals surface area contributed by atoms with Crippen LogP contribution in [0.5, 0.6) is 0 Å². The first-order chi connectivity index (χ1) is 8.49. The van der Waals surface area contributed by atoms with Gasteiger partial charge < -0.3 is 4.57 Å². The Morgan fingerprint density at radius 2 is 2.11 bits per heavy atom. The number of Topliss-reactive ketones (excluding diaryl/α,β-unsaturated/α-hetero) is 1. The number of para-hydroxylation sites is 2. The van der Waals surface area contributed by atoms with E-state index in [9.17, 15) is 4.79 Å². The Hall–Kier alpha value is -1.64. The third-order valence-corrected chi connectivity index (χ3v) is 4.11. The average molecular weight is 242 g/mol. The first kappa shape index (κ1) is 11.5. The number of carbonyl (C=O) groups is 1. The van der Waals surface area contributed by atoms with Crippen molar-refractivity contribution in [1.29, 1.82) is 0 Å². The van der Waals surface area contributed by atoms with Crippen molar-refractivity contribution in [1.82, 2.24) is 9.55 Å². The number of benzene rings is 1. The highest BCUT2D eigenvalue weighted by atomic mass is 16.1. The molecule has 3 nitrogen and oxygen atoms in total. The van der Waals surface area contributed by atoms with E-state index in [1.54, 1.807) is 0 Å². The summed E-state index contributed by atoms with van der Waals surface area (Å²) in [6.45, 7) is 4.31. The molecule has 1 aromatic heterocycles. The molecule has 1 aliphatic carbocycles. The molecule has 1 atom stereocenters. The van der Waals surface area contributed by atoms with E-state index >= 15 is 0 Å². The zero-order valence-electron chi connectivity index (χ0n) is 11.1. The van der Waals surface area contributed by atoms with Crippen molar-refractivity contribution in [3.05, 3.63) is 30.1 Å². The number of ketones is 1. The molecule has 94 valence electrons. The lowest BCUT2D eigenvalue weighted by atomic mass is 10.1. The van der Waals surface area contributed by atoms with Gasteiger partial charge >= 0.3 is 0 Å². The van der Waals surface area contributed by atoms with Gasteiger partial charge in [-0.05, 0) is 24.0 Å². The molecule has 0 bridgehead atoms. The number of hydrogen-bond acceptors (Lipinski definition) is 2. The van der Waals surface area contributed by atoms with Crippen LogP contribution in [0.4, 0.5) is 0 Å². The number of aryl methyl sites for hydroxylation is 1. The van der Waals surface area contributed by atoms with Crippen LogP contribution in [-0.2, 0) is 18.3 Å². The topological polar surface area (TPSA) is 34.9 Å². The van der Waals surface area contributed by atoms with Crippen molar-refractivity contribution in [3.63, 3.8) is 0 Å². The third kappa shape index (κ3) is 1.74. The van der Waals surface area contributed by atoms with Gasteiger partial charge in [-0.3, -0.25) is 4.79 Å². The van der Waals surface area contributed by atoms with Crippen LogP contribution in [0.3, 0.4) is 0 Å². The van der Waals surface area contributed by atoms with E-state index in [1.807, 2.05) is 35.9 Å². The number of hydrogen-bond donors (Lipinski definition) is 0. The van der Waals surface area contributed by atoms with E-state index in [0.717, 1.165) is 23.3 Å². The number of nitrogens with zero attached hydrogens (tertiary/aromatic N) is 2. The van der Waals surface area contributed by atoms with Crippen LogP contribution in [0.25, 0.3) is 11.0 Å². The van der Waals surface area contributed by atoms with E-state index in [0.29, 0.717) is 12.2 Å². The second-order valence-corrected chi connectivity index (χ2v) is 5.96. The lowest BCUT2D eigenvalue weighted by Gasteiger charge is -2.03. The van der Waals surface area contributed by atoms with Crippen molar-refractivity contribution in [2.45, 2.75) is 26.7 Å². The van der Waals surface area contributed by atoms with Crippen LogP contribution in [0.2, 0.25) is 0 Å². The Kier molecular flexibility index (Phi) is 2.34. The zero-order chi connectivity index (χ0) is 12.9. The monoisotopic (exact) mass is 242 g/mol. The SMILES string of the molecule is Cn1c(CC(=O)C2CC2(C)C)nc2ccccc21. The van der Waals surface area contributed by atoms with Gasteiger partial charge in [0, 0.05) is 13.0 Å². The predicted molar refractivity (Wildman–Crippen MR) is 71.3 cm³/mol. The maximum absolute atomic E-state index is 12.2. The van der Waals surface area contributed by atoms with E-state index in [-0.39, 0.29) is 11.3 Å². The summed E-state index contributed by atoms with van der Waals surface area (Å²) in [4.78, 5) is 16.7. The van der Waals surface area contributed by atoms with Gasteiger partial charge in [-0.15, -0.1) is 0 Å². The number of fused-ring (bicyclic) bond motifs is 1. The van der Waals surface area contributed by atoms with Gasteiger partial charge in [0.25, 0.3) is 0 Å². The smallest absolute Gasteiger partial charge is 0.144 e. The van der Waals surface area contributed by atoms with E-state index in [2.05, 4.69) is 18.8 Å². The average Bonchev–Trinajstić information content (AvgIpc) is 2.86. The van der Waals surface area contributed by atoms with Gasteiger partial charge in [-0.1, -0.05) is 26.0 Å². The van der Waals surface area contributed by atoms with Crippen LogP contribution in [0.15, 0.2) is 24.3 Å². The predicted octanol–water partition coefficient (Wildman–Crippen LogP) is 2.73. The second-order valence-electron chi connectivity index (χ2n) is 5.96. The Balaban J connectivity index is 1.87. The largest absolute Gasteiger partial charge is 0.331 e. The Labute approximate surface area is 107 Å². The summed E-state index contributed by atoms with van der Waals surface area (Å²) in [6.07, 6.45) is 1.48. The summed E-state index contributed by atoms with van der Waals surface area (Å²) in [5.74, 6) is 1.44. The van der Waals surface area contributed by atoms with E-state index in [4.69, 9.17) is 0 Å². The van der Waals surface area contributed by atoms with Crippen LogP contribution in [-0.4, -0.2) is 15.3 Å². The lowest BCUT2D eigenvalue weighted by molar-refractivity contribution is -0.120. The van der Waals surface area contributed by atoms with Crippen molar-refractivity contribution in [2.75, 3.05) is 0 Å². The molecule has 0 amide bonds. The fraction of sp³-hybridized carbons (Fsp3) is 0.467. The molecule has 0 spiro atoms. The van der Waals surface area contributed by atoms with Gasteiger partial charge in [-0.2, -0.15) is 0 Å². The molecule has 2 aromatic rings. The molecule has 1 fully saturated rings. The van der Waals surface area contributed by atoms with Crippen LogP contribution in [0.1, 0.15) is 26.1 Å². The first-order valence-electron chi connectivity index (χ1n) is 6.42.